The maximum atomic E-state index is 12.3. The number of carbonyl (C=O) groups excluding carboxylic acids is 1. The third kappa shape index (κ3) is 3.50. The molecule has 1 N–H and O–H groups in total. The van der Waals surface area contributed by atoms with Crippen LogP contribution in [0, 0.1) is 11.3 Å². The number of nitrogens with one attached hydrogen (secondary N) is 1. The van der Waals surface area contributed by atoms with E-state index >= 15 is 0 Å². The van der Waals surface area contributed by atoms with Crippen molar-refractivity contribution in [3.05, 3.63) is 47.6 Å². The van der Waals surface area contributed by atoms with Gasteiger partial charge in [-0.3, -0.25) is 4.79 Å². The largest absolute Gasteiger partial charge is 0.325 e. The quantitative estimate of drug-likeness (QED) is 0.579. The fraction of sp³-hybridized carbons (Fsp3) is 0.125. The lowest BCUT2D eigenvalue weighted by Gasteiger charge is -2.12. The lowest BCUT2D eigenvalue weighted by Crippen LogP contribution is -2.22. The normalized spacial score (nSPS) is 11.8. The highest BCUT2D eigenvalue weighted by molar-refractivity contribution is 8.00. The van der Waals surface area contributed by atoms with Crippen molar-refractivity contribution in [1.82, 2.24) is 9.97 Å². The molecule has 1 unspecified atom stereocenters. The topological polar surface area (TPSA) is 78.7 Å². The standard InChI is InChI=1S/C16H12N4OS2/c1-10(14(21)20-12-4-2-3-11(7-12)8-17)23-16-13-5-6-22-15(13)18-9-19-16/h2-7,9-10H,1H3,(H,20,21). The number of rotatable bonds is 4. The third-order valence-corrected chi connectivity index (χ3v) is 5.08. The Kier molecular flexibility index (Phi) is 4.55. The van der Waals surface area contributed by atoms with Crippen molar-refractivity contribution in [3.63, 3.8) is 0 Å². The summed E-state index contributed by atoms with van der Waals surface area (Å²) in [7, 11) is 0. The molecule has 0 bridgehead atoms. The van der Waals surface area contributed by atoms with Crippen LogP contribution in [0.25, 0.3) is 10.2 Å². The van der Waals surface area contributed by atoms with Crippen molar-refractivity contribution in [1.29, 1.82) is 5.26 Å². The Morgan fingerprint density at radius 3 is 3.09 bits per heavy atom. The van der Waals surface area contributed by atoms with Crippen molar-refractivity contribution < 1.29 is 4.79 Å². The number of aromatic nitrogens is 2. The Morgan fingerprint density at radius 1 is 1.39 bits per heavy atom. The first-order chi connectivity index (χ1) is 11.2. The van der Waals surface area contributed by atoms with E-state index in [-0.39, 0.29) is 11.2 Å². The van der Waals surface area contributed by atoms with E-state index in [2.05, 4.69) is 21.4 Å². The van der Waals surface area contributed by atoms with Crippen molar-refractivity contribution in [2.45, 2.75) is 17.2 Å². The van der Waals surface area contributed by atoms with Crippen molar-refractivity contribution in [3.8, 4) is 6.07 Å². The van der Waals surface area contributed by atoms with Crippen LogP contribution in [-0.2, 0) is 4.79 Å². The van der Waals surface area contributed by atoms with Gasteiger partial charge < -0.3 is 5.32 Å². The van der Waals surface area contributed by atoms with Crippen LogP contribution in [-0.4, -0.2) is 21.1 Å². The number of carbonyl (C=O) groups is 1. The van der Waals surface area contributed by atoms with Crippen molar-refractivity contribution in [2.75, 3.05) is 5.32 Å². The van der Waals surface area contributed by atoms with Gasteiger partial charge in [0.1, 0.15) is 16.2 Å². The molecule has 1 amide bonds. The van der Waals surface area contributed by atoms with Gasteiger partial charge in [0, 0.05) is 11.1 Å². The van der Waals surface area contributed by atoms with Crippen LogP contribution in [0.3, 0.4) is 0 Å². The second-order valence-corrected chi connectivity index (χ2v) is 6.98. The van der Waals surface area contributed by atoms with E-state index < -0.39 is 0 Å². The Bertz CT molecular complexity index is 900. The lowest BCUT2D eigenvalue weighted by atomic mass is 10.2. The smallest absolute Gasteiger partial charge is 0.237 e. The molecular weight excluding hydrogens is 328 g/mol. The number of thiophene rings is 1. The summed E-state index contributed by atoms with van der Waals surface area (Å²) >= 11 is 2.94. The van der Waals surface area contributed by atoms with Gasteiger partial charge in [0.15, 0.2) is 0 Å². The van der Waals surface area contributed by atoms with Crippen molar-refractivity contribution >= 4 is 44.9 Å². The summed E-state index contributed by atoms with van der Waals surface area (Å²) in [5.74, 6) is -0.132. The first-order valence-electron chi connectivity index (χ1n) is 6.83. The number of thioether (sulfide) groups is 1. The average molecular weight is 340 g/mol. The lowest BCUT2D eigenvalue weighted by molar-refractivity contribution is -0.115. The molecule has 0 spiro atoms. The molecule has 3 rings (SSSR count). The number of anilines is 1. The number of nitrogens with zero attached hydrogens (tertiary/aromatic N) is 3. The highest BCUT2D eigenvalue weighted by Crippen LogP contribution is 2.30. The first-order valence-corrected chi connectivity index (χ1v) is 8.59. The molecule has 3 aromatic rings. The van der Waals surface area contributed by atoms with Crippen LogP contribution < -0.4 is 5.32 Å². The summed E-state index contributed by atoms with van der Waals surface area (Å²) in [6.07, 6.45) is 1.52. The van der Waals surface area contributed by atoms with Crippen LogP contribution in [0.15, 0.2) is 47.1 Å². The van der Waals surface area contributed by atoms with Gasteiger partial charge in [-0.15, -0.1) is 11.3 Å². The maximum absolute atomic E-state index is 12.3. The second kappa shape index (κ2) is 6.77. The van der Waals surface area contributed by atoms with Crippen LogP contribution in [0.1, 0.15) is 12.5 Å². The first kappa shape index (κ1) is 15.5. The van der Waals surface area contributed by atoms with Gasteiger partial charge in [-0.05, 0) is 36.6 Å². The number of benzene rings is 1. The average Bonchev–Trinajstić information content (AvgIpc) is 3.04. The summed E-state index contributed by atoms with van der Waals surface area (Å²) in [6, 6.07) is 10.9. The molecule has 0 aliphatic carbocycles. The number of fused-ring (bicyclic) bond motifs is 1. The number of hydrogen-bond acceptors (Lipinski definition) is 6. The summed E-state index contributed by atoms with van der Waals surface area (Å²) < 4.78 is 0. The molecule has 5 nitrogen and oxygen atoms in total. The van der Waals surface area contributed by atoms with Gasteiger partial charge >= 0.3 is 0 Å². The van der Waals surface area contributed by atoms with Gasteiger partial charge in [-0.25, -0.2) is 9.97 Å². The van der Waals surface area contributed by atoms with Gasteiger partial charge in [0.25, 0.3) is 0 Å². The fourth-order valence-electron chi connectivity index (χ4n) is 1.99. The van der Waals surface area contributed by atoms with Gasteiger partial charge in [0.05, 0.1) is 16.9 Å². The molecule has 1 atom stereocenters. The minimum atomic E-state index is -0.321. The fourth-order valence-corrected chi connectivity index (χ4v) is 3.69. The molecule has 0 saturated carbocycles. The predicted octanol–water partition coefficient (Wildman–Crippen LogP) is 3.68. The highest BCUT2D eigenvalue weighted by Gasteiger charge is 2.17. The molecule has 0 saturated heterocycles. The zero-order valence-corrected chi connectivity index (χ0v) is 13.8. The molecule has 7 heteroatoms. The highest BCUT2D eigenvalue weighted by atomic mass is 32.2. The number of nitriles is 1. The molecule has 0 radical (unpaired) electrons. The monoisotopic (exact) mass is 340 g/mol. The Balaban J connectivity index is 1.72. The summed E-state index contributed by atoms with van der Waals surface area (Å²) in [4.78, 5) is 21.7. The van der Waals surface area contributed by atoms with Crippen LogP contribution in [0.4, 0.5) is 5.69 Å². The van der Waals surface area contributed by atoms with Gasteiger partial charge in [-0.1, -0.05) is 17.8 Å². The molecular formula is C16H12N4OS2. The van der Waals surface area contributed by atoms with Crippen LogP contribution in [0.5, 0.6) is 0 Å². The Hall–Kier alpha value is -2.43. The molecule has 2 aromatic heterocycles. The van der Waals surface area contributed by atoms with Crippen LogP contribution in [0.2, 0.25) is 0 Å². The van der Waals surface area contributed by atoms with Crippen LogP contribution >= 0.6 is 23.1 Å². The Labute approximate surface area is 141 Å². The molecule has 0 aliphatic rings. The number of amides is 1. The van der Waals surface area contributed by atoms with E-state index in [0.29, 0.717) is 11.3 Å². The summed E-state index contributed by atoms with van der Waals surface area (Å²) in [5, 5.41) is 15.1. The van der Waals surface area contributed by atoms with E-state index in [9.17, 15) is 4.79 Å². The van der Waals surface area contributed by atoms with E-state index in [1.54, 1.807) is 35.6 Å². The molecule has 1 aromatic carbocycles. The van der Waals surface area contributed by atoms with E-state index in [1.807, 2.05) is 18.4 Å². The van der Waals surface area contributed by atoms with Gasteiger partial charge in [-0.2, -0.15) is 5.26 Å². The van der Waals surface area contributed by atoms with E-state index in [0.717, 1.165) is 15.2 Å². The molecule has 114 valence electrons. The predicted molar refractivity (Wildman–Crippen MR) is 92.5 cm³/mol. The second-order valence-electron chi connectivity index (χ2n) is 4.76. The molecule has 0 aliphatic heterocycles. The minimum absolute atomic E-state index is 0.132. The summed E-state index contributed by atoms with van der Waals surface area (Å²) in [6.45, 7) is 1.83. The molecule has 0 fully saturated rings. The molecule has 23 heavy (non-hydrogen) atoms. The molecule has 2 heterocycles. The minimum Gasteiger partial charge on any atom is -0.325 e. The zero-order valence-electron chi connectivity index (χ0n) is 12.2. The van der Waals surface area contributed by atoms with E-state index in [4.69, 9.17) is 5.26 Å². The number of hydrogen-bond donors (Lipinski definition) is 1. The van der Waals surface area contributed by atoms with Gasteiger partial charge in [0.2, 0.25) is 5.91 Å². The SMILES string of the molecule is CC(Sc1ncnc2sccc12)C(=O)Nc1cccc(C#N)c1. The third-order valence-electron chi connectivity index (χ3n) is 3.14. The summed E-state index contributed by atoms with van der Waals surface area (Å²) in [5.41, 5.74) is 1.13. The Morgan fingerprint density at radius 2 is 2.26 bits per heavy atom. The zero-order chi connectivity index (χ0) is 16.2. The maximum Gasteiger partial charge on any atom is 0.237 e. The van der Waals surface area contributed by atoms with Crippen molar-refractivity contribution in [2.24, 2.45) is 0 Å². The van der Waals surface area contributed by atoms with E-state index in [1.165, 1.54) is 18.1 Å².